The zero-order valence-corrected chi connectivity index (χ0v) is 12.3. The van der Waals surface area contributed by atoms with E-state index in [2.05, 4.69) is 21.2 Å². The normalized spacial score (nSPS) is 22.8. The van der Waals surface area contributed by atoms with Crippen LogP contribution in [0.25, 0.3) is 6.08 Å². The summed E-state index contributed by atoms with van der Waals surface area (Å²) in [6, 6.07) is 7.75. The van der Waals surface area contributed by atoms with Gasteiger partial charge in [0, 0.05) is 23.0 Å². The maximum absolute atomic E-state index is 11.7. The van der Waals surface area contributed by atoms with Crippen molar-refractivity contribution in [2.24, 2.45) is 5.92 Å². The summed E-state index contributed by atoms with van der Waals surface area (Å²) in [5, 5.41) is 12.5. The average Bonchev–Trinajstić information content (AvgIpc) is 2.81. The number of hydrogen-bond donors (Lipinski definition) is 2. The van der Waals surface area contributed by atoms with Crippen LogP contribution >= 0.6 is 15.9 Å². The molecule has 0 heterocycles. The lowest BCUT2D eigenvalue weighted by Gasteiger charge is -2.13. The second-order valence-electron chi connectivity index (χ2n) is 4.89. The van der Waals surface area contributed by atoms with Gasteiger partial charge in [-0.2, -0.15) is 0 Å². The van der Waals surface area contributed by atoms with Crippen LogP contribution in [-0.2, 0) is 4.79 Å². The molecule has 0 aromatic heterocycles. The van der Waals surface area contributed by atoms with Gasteiger partial charge in [-0.15, -0.1) is 0 Å². The highest BCUT2D eigenvalue weighted by Crippen LogP contribution is 2.24. The van der Waals surface area contributed by atoms with Crippen molar-refractivity contribution in [2.45, 2.75) is 25.4 Å². The van der Waals surface area contributed by atoms with Crippen LogP contribution in [0.2, 0.25) is 0 Å². The molecular weight excluding hydrogens is 306 g/mol. The lowest BCUT2D eigenvalue weighted by molar-refractivity contribution is -0.116. The SMILES string of the molecule is O=C(C=Cc1ccc(Br)cc1)NCC1CCCC1O. The Morgan fingerprint density at radius 3 is 2.74 bits per heavy atom. The molecule has 0 saturated heterocycles. The monoisotopic (exact) mass is 323 g/mol. The molecule has 1 aliphatic carbocycles. The summed E-state index contributed by atoms with van der Waals surface area (Å²) < 4.78 is 1.02. The van der Waals surface area contributed by atoms with Crippen LogP contribution in [0.15, 0.2) is 34.8 Å². The number of halogens is 1. The highest BCUT2D eigenvalue weighted by molar-refractivity contribution is 9.10. The molecule has 4 heteroatoms. The number of carbonyl (C=O) groups is 1. The summed E-state index contributed by atoms with van der Waals surface area (Å²) in [5.41, 5.74) is 0.985. The van der Waals surface area contributed by atoms with E-state index < -0.39 is 0 Å². The average molecular weight is 324 g/mol. The van der Waals surface area contributed by atoms with E-state index in [0.717, 1.165) is 29.3 Å². The lowest BCUT2D eigenvalue weighted by atomic mass is 10.1. The van der Waals surface area contributed by atoms with Crippen molar-refractivity contribution < 1.29 is 9.90 Å². The van der Waals surface area contributed by atoms with Crippen LogP contribution in [0.3, 0.4) is 0 Å². The number of carbonyl (C=O) groups excluding carboxylic acids is 1. The number of nitrogens with one attached hydrogen (secondary N) is 1. The van der Waals surface area contributed by atoms with Crippen molar-refractivity contribution in [1.29, 1.82) is 0 Å². The zero-order valence-electron chi connectivity index (χ0n) is 10.7. The number of aliphatic hydroxyl groups excluding tert-OH is 1. The Balaban J connectivity index is 1.79. The summed E-state index contributed by atoms with van der Waals surface area (Å²) in [6.45, 7) is 0.560. The quantitative estimate of drug-likeness (QED) is 0.837. The predicted molar refractivity (Wildman–Crippen MR) is 79.5 cm³/mol. The lowest BCUT2D eigenvalue weighted by Crippen LogP contribution is -2.31. The highest BCUT2D eigenvalue weighted by Gasteiger charge is 2.24. The fraction of sp³-hybridized carbons (Fsp3) is 0.400. The van der Waals surface area contributed by atoms with Crippen molar-refractivity contribution >= 4 is 27.9 Å². The van der Waals surface area contributed by atoms with E-state index in [1.807, 2.05) is 24.3 Å². The van der Waals surface area contributed by atoms with E-state index >= 15 is 0 Å². The molecule has 0 aliphatic heterocycles. The molecule has 2 rings (SSSR count). The summed E-state index contributed by atoms with van der Waals surface area (Å²) in [6.07, 6.45) is 5.97. The van der Waals surface area contributed by atoms with E-state index in [9.17, 15) is 9.90 Å². The maximum Gasteiger partial charge on any atom is 0.244 e. The first kappa shape index (κ1) is 14.3. The molecule has 2 atom stereocenters. The molecule has 0 radical (unpaired) electrons. The van der Waals surface area contributed by atoms with Crippen LogP contribution in [0.1, 0.15) is 24.8 Å². The van der Waals surface area contributed by atoms with E-state index in [-0.39, 0.29) is 17.9 Å². The highest BCUT2D eigenvalue weighted by atomic mass is 79.9. The molecule has 1 aliphatic rings. The third-order valence-corrected chi connectivity index (χ3v) is 3.98. The van der Waals surface area contributed by atoms with Gasteiger partial charge in [0.2, 0.25) is 5.91 Å². The molecular formula is C15H18BrNO2. The molecule has 1 fully saturated rings. The van der Waals surface area contributed by atoms with E-state index in [1.54, 1.807) is 6.08 Å². The van der Waals surface area contributed by atoms with Crippen LogP contribution in [-0.4, -0.2) is 23.7 Å². The van der Waals surface area contributed by atoms with Gasteiger partial charge in [-0.25, -0.2) is 0 Å². The second kappa shape index (κ2) is 6.87. The molecule has 1 aromatic rings. The molecule has 2 N–H and O–H groups in total. The number of amides is 1. The standard InChI is InChI=1S/C15H18BrNO2/c16-13-7-4-11(5-8-13)6-9-15(19)17-10-12-2-1-3-14(12)18/h4-9,12,14,18H,1-3,10H2,(H,17,19). The summed E-state index contributed by atoms with van der Waals surface area (Å²) in [7, 11) is 0. The van der Waals surface area contributed by atoms with Crippen molar-refractivity contribution in [1.82, 2.24) is 5.32 Å². The van der Waals surface area contributed by atoms with Gasteiger partial charge in [-0.3, -0.25) is 4.79 Å². The fourth-order valence-electron chi connectivity index (χ4n) is 2.29. The Morgan fingerprint density at radius 1 is 1.37 bits per heavy atom. The minimum Gasteiger partial charge on any atom is -0.393 e. The Hall–Kier alpha value is -1.13. The molecule has 2 unspecified atom stereocenters. The Labute approximate surface area is 121 Å². The van der Waals surface area contributed by atoms with Crippen molar-refractivity contribution in [3.8, 4) is 0 Å². The third-order valence-electron chi connectivity index (χ3n) is 3.45. The first-order valence-corrected chi connectivity index (χ1v) is 7.34. The maximum atomic E-state index is 11.7. The van der Waals surface area contributed by atoms with Crippen LogP contribution in [0, 0.1) is 5.92 Å². The Kier molecular flexibility index (Phi) is 5.16. The van der Waals surface area contributed by atoms with Crippen LogP contribution < -0.4 is 5.32 Å². The Morgan fingerprint density at radius 2 is 2.11 bits per heavy atom. The minimum atomic E-state index is -0.254. The fourth-order valence-corrected chi connectivity index (χ4v) is 2.56. The number of hydrogen-bond acceptors (Lipinski definition) is 2. The summed E-state index contributed by atoms with van der Waals surface area (Å²) >= 11 is 3.37. The van der Waals surface area contributed by atoms with E-state index in [0.29, 0.717) is 6.54 Å². The molecule has 0 bridgehead atoms. The summed E-state index contributed by atoms with van der Waals surface area (Å²) in [5.74, 6) is 0.104. The molecule has 0 spiro atoms. The molecule has 1 aromatic carbocycles. The van der Waals surface area contributed by atoms with E-state index in [1.165, 1.54) is 6.08 Å². The van der Waals surface area contributed by atoms with Crippen molar-refractivity contribution in [2.75, 3.05) is 6.54 Å². The van der Waals surface area contributed by atoms with Gasteiger partial charge in [0.1, 0.15) is 0 Å². The molecule has 1 amide bonds. The van der Waals surface area contributed by atoms with Gasteiger partial charge in [0.25, 0.3) is 0 Å². The third kappa shape index (κ3) is 4.48. The molecule has 3 nitrogen and oxygen atoms in total. The van der Waals surface area contributed by atoms with Gasteiger partial charge in [0.05, 0.1) is 6.10 Å². The van der Waals surface area contributed by atoms with Gasteiger partial charge in [-0.05, 0) is 36.6 Å². The van der Waals surface area contributed by atoms with Gasteiger partial charge < -0.3 is 10.4 Å². The number of aliphatic hydroxyl groups is 1. The molecule has 1 saturated carbocycles. The first-order valence-electron chi connectivity index (χ1n) is 6.54. The number of rotatable bonds is 4. The van der Waals surface area contributed by atoms with Gasteiger partial charge >= 0.3 is 0 Å². The van der Waals surface area contributed by atoms with Crippen molar-refractivity contribution in [3.63, 3.8) is 0 Å². The predicted octanol–water partition coefficient (Wildman–Crippen LogP) is 2.74. The zero-order chi connectivity index (χ0) is 13.7. The van der Waals surface area contributed by atoms with Gasteiger partial charge in [0.15, 0.2) is 0 Å². The topological polar surface area (TPSA) is 49.3 Å². The van der Waals surface area contributed by atoms with Crippen molar-refractivity contribution in [3.05, 3.63) is 40.4 Å². The second-order valence-corrected chi connectivity index (χ2v) is 5.80. The van der Waals surface area contributed by atoms with Gasteiger partial charge in [-0.1, -0.05) is 34.5 Å². The van der Waals surface area contributed by atoms with Crippen LogP contribution in [0.5, 0.6) is 0 Å². The largest absolute Gasteiger partial charge is 0.393 e. The molecule has 102 valence electrons. The van der Waals surface area contributed by atoms with E-state index in [4.69, 9.17) is 0 Å². The molecule has 19 heavy (non-hydrogen) atoms. The van der Waals surface area contributed by atoms with Crippen LogP contribution in [0.4, 0.5) is 0 Å². The smallest absolute Gasteiger partial charge is 0.244 e. The first-order chi connectivity index (χ1) is 9.15. The number of benzene rings is 1. The Bertz CT molecular complexity index is 456. The summed E-state index contributed by atoms with van der Waals surface area (Å²) in [4.78, 5) is 11.7. The minimum absolute atomic E-state index is 0.109.